The summed E-state index contributed by atoms with van der Waals surface area (Å²) in [5.41, 5.74) is -0.292. The molecule has 0 aliphatic rings. The minimum absolute atomic E-state index is 0.0404. The molecule has 0 fully saturated rings. The molecular weight excluding hydrogens is 578 g/mol. The summed E-state index contributed by atoms with van der Waals surface area (Å²) in [7, 11) is 0. The van der Waals surface area contributed by atoms with Crippen molar-refractivity contribution in [3.8, 4) is 0 Å². The van der Waals surface area contributed by atoms with Crippen LogP contribution < -0.4 is 10.6 Å². The van der Waals surface area contributed by atoms with E-state index in [1.807, 2.05) is 70.2 Å². The fourth-order valence-electron chi connectivity index (χ4n) is 4.61. The highest BCUT2D eigenvalue weighted by molar-refractivity contribution is 7.80. The summed E-state index contributed by atoms with van der Waals surface area (Å²) in [6, 6.07) is 13.3. The van der Waals surface area contributed by atoms with Gasteiger partial charge < -0.3 is 25.0 Å². The van der Waals surface area contributed by atoms with Crippen molar-refractivity contribution in [1.29, 1.82) is 0 Å². The van der Waals surface area contributed by atoms with Gasteiger partial charge in [0.15, 0.2) is 0 Å². The van der Waals surface area contributed by atoms with Gasteiger partial charge in [-0.05, 0) is 85.9 Å². The van der Waals surface area contributed by atoms with Gasteiger partial charge in [0.25, 0.3) is 0 Å². The molecule has 44 heavy (non-hydrogen) atoms. The Labute approximate surface area is 267 Å². The van der Waals surface area contributed by atoms with Gasteiger partial charge in [0, 0.05) is 17.7 Å². The van der Waals surface area contributed by atoms with E-state index in [0.717, 1.165) is 11.1 Å². The van der Waals surface area contributed by atoms with E-state index in [0.29, 0.717) is 5.56 Å². The van der Waals surface area contributed by atoms with Crippen LogP contribution in [0.15, 0.2) is 54.6 Å². The molecule has 0 bridgehead atoms. The fourth-order valence-corrected chi connectivity index (χ4v) is 4.85. The molecule has 2 aromatic rings. The zero-order chi connectivity index (χ0) is 33.5. The van der Waals surface area contributed by atoms with Crippen LogP contribution >= 0.6 is 12.6 Å². The largest absolute Gasteiger partial charge is 0.458 e. The number of thiol groups is 1. The number of rotatable bonds is 10. The third kappa shape index (κ3) is 11.2. The van der Waals surface area contributed by atoms with E-state index in [2.05, 4.69) is 23.3 Å². The third-order valence-corrected chi connectivity index (χ3v) is 6.78. The summed E-state index contributed by atoms with van der Waals surface area (Å²) in [5.74, 6) is -1.73. The molecule has 2 rings (SSSR count). The number of benzene rings is 2. The number of nitrogens with one attached hydrogen (secondary N) is 2. The summed E-state index contributed by atoms with van der Waals surface area (Å²) in [4.78, 5) is 56.3. The van der Waals surface area contributed by atoms with Gasteiger partial charge in [0.05, 0.1) is 0 Å². The monoisotopic (exact) mass is 627 g/mol. The molecular formula is C34H49N3O6S. The van der Waals surface area contributed by atoms with Crippen LogP contribution in [0.5, 0.6) is 0 Å². The SMILES string of the molecule is Cc1ccccc1C(C(=O)NC(Cc1ccccc1)C(=O)OC(C)(C)C)N(C(=O)C(CS)NC(=O)OC(C)(C)C)C(C)(C)C. The quantitative estimate of drug-likeness (QED) is 0.235. The first-order chi connectivity index (χ1) is 20.2. The zero-order valence-electron chi connectivity index (χ0n) is 27.7. The Morgan fingerprint density at radius 3 is 1.82 bits per heavy atom. The lowest BCUT2D eigenvalue weighted by molar-refractivity contribution is -0.159. The summed E-state index contributed by atoms with van der Waals surface area (Å²) in [6.07, 6.45) is -0.589. The van der Waals surface area contributed by atoms with Crippen LogP contribution in [0.1, 0.15) is 85.0 Å². The molecule has 9 nitrogen and oxygen atoms in total. The normalized spacial score (nSPS) is 14.1. The predicted molar refractivity (Wildman–Crippen MR) is 175 cm³/mol. The highest BCUT2D eigenvalue weighted by Crippen LogP contribution is 2.32. The zero-order valence-corrected chi connectivity index (χ0v) is 28.6. The van der Waals surface area contributed by atoms with Crippen molar-refractivity contribution < 1.29 is 28.7 Å². The number of hydrogen-bond donors (Lipinski definition) is 3. The lowest BCUT2D eigenvalue weighted by atomic mass is 9.92. The maximum Gasteiger partial charge on any atom is 0.408 e. The molecule has 0 aromatic heterocycles. The van der Waals surface area contributed by atoms with Crippen LogP contribution in [0, 0.1) is 6.92 Å². The number of amides is 3. The Morgan fingerprint density at radius 2 is 1.32 bits per heavy atom. The number of esters is 1. The van der Waals surface area contributed by atoms with E-state index in [1.54, 1.807) is 53.7 Å². The van der Waals surface area contributed by atoms with Gasteiger partial charge in [0.1, 0.15) is 29.3 Å². The van der Waals surface area contributed by atoms with Gasteiger partial charge in [-0.15, -0.1) is 0 Å². The standard InChI is InChI=1S/C34H49N3O6S/c1-22-16-14-15-19-24(22)27(37(32(2,3)4)29(39)26(21-44)36-31(41)43-34(8,9)10)28(38)35-25(30(40)42-33(5,6)7)20-23-17-12-11-13-18-23/h11-19,25-27,44H,20-21H2,1-10H3,(H,35,38)(H,36,41). The number of aryl methyl sites for hydroxylation is 1. The highest BCUT2D eigenvalue weighted by Gasteiger charge is 2.43. The molecule has 3 unspecified atom stereocenters. The number of carbonyl (C=O) groups is 4. The van der Waals surface area contributed by atoms with Gasteiger partial charge in [-0.25, -0.2) is 9.59 Å². The molecule has 242 valence electrons. The Hall–Kier alpha value is -3.53. The lowest BCUT2D eigenvalue weighted by Crippen LogP contribution is -2.60. The molecule has 0 aliphatic carbocycles. The lowest BCUT2D eigenvalue weighted by Gasteiger charge is -2.43. The number of carbonyl (C=O) groups excluding carboxylic acids is 4. The van der Waals surface area contributed by atoms with Crippen molar-refractivity contribution in [2.45, 2.75) is 111 Å². The molecule has 2 aromatic carbocycles. The average molecular weight is 628 g/mol. The van der Waals surface area contributed by atoms with E-state index in [-0.39, 0.29) is 12.2 Å². The van der Waals surface area contributed by atoms with Crippen LogP contribution in [-0.4, -0.2) is 63.4 Å². The van der Waals surface area contributed by atoms with E-state index in [9.17, 15) is 19.2 Å². The minimum atomic E-state index is -1.16. The van der Waals surface area contributed by atoms with Crippen molar-refractivity contribution >= 4 is 36.5 Å². The maximum absolute atomic E-state index is 14.4. The Balaban J connectivity index is 2.61. The first kappa shape index (κ1) is 36.7. The first-order valence-electron chi connectivity index (χ1n) is 14.8. The van der Waals surface area contributed by atoms with E-state index >= 15 is 0 Å². The minimum Gasteiger partial charge on any atom is -0.458 e. The molecule has 3 atom stereocenters. The van der Waals surface area contributed by atoms with Crippen molar-refractivity contribution in [3.05, 3.63) is 71.3 Å². The summed E-state index contributed by atoms with van der Waals surface area (Å²) in [6.45, 7) is 17.7. The highest BCUT2D eigenvalue weighted by atomic mass is 32.1. The molecule has 0 saturated carbocycles. The first-order valence-corrected chi connectivity index (χ1v) is 15.4. The smallest absolute Gasteiger partial charge is 0.408 e. The molecule has 0 spiro atoms. The number of ether oxygens (including phenoxy) is 2. The van der Waals surface area contributed by atoms with Crippen LogP contribution in [0.4, 0.5) is 4.79 Å². The number of alkyl carbamates (subject to hydrolysis) is 1. The van der Waals surface area contributed by atoms with E-state index < -0.39 is 58.7 Å². The number of nitrogens with zero attached hydrogens (tertiary/aromatic N) is 1. The summed E-state index contributed by atoms with van der Waals surface area (Å²) < 4.78 is 11.1. The molecule has 0 heterocycles. The van der Waals surface area contributed by atoms with Crippen molar-refractivity contribution in [1.82, 2.24) is 15.5 Å². The summed E-state index contributed by atoms with van der Waals surface area (Å²) in [5, 5.41) is 5.53. The average Bonchev–Trinajstić information content (AvgIpc) is 2.88. The van der Waals surface area contributed by atoms with Gasteiger partial charge in [-0.1, -0.05) is 54.6 Å². The molecule has 2 N–H and O–H groups in total. The Bertz CT molecular complexity index is 1290. The van der Waals surface area contributed by atoms with Gasteiger partial charge >= 0.3 is 12.1 Å². The molecule has 10 heteroatoms. The maximum atomic E-state index is 14.4. The Morgan fingerprint density at radius 1 is 0.773 bits per heavy atom. The fraction of sp³-hybridized carbons (Fsp3) is 0.529. The van der Waals surface area contributed by atoms with E-state index in [1.165, 1.54) is 4.90 Å². The van der Waals surface area contributed by atoms with Crippen molar-refractivity contribution in [2.75, 3.05) is 5.75 Å². The summed E-state index contributed by atoms with van der Waals surface area (Å²) >= 11 is 4.36. The van der Waals surface area contributed by atoms with Crippen molar-refractivity contribution in [2.24, 2.45) is 0 Å². The topological polar surface area (TPSA) is 114 Å². The van der Waals surface area contributed by atoms with Crippen LogP contribution in [-0.2, 0) is 30.3 Å². The number of hydrogen-bond acceptors (Lipinski definition) is 7. The van der Waals surface area contributed by atoms with E-state index in [4.69, 9.17) is 9.47 Å². The van der Waals surface area contributed by atoms with Gasteiger partial charge in [0.2, 0.25) is 11.8 Å². The van der Waals surface area contributed by atoms with Crippen LogP contribution in [0.3, 0.4) is 0 Å². The molecule has 0 radical (unpaired) electrons. The second-order valence-electron chi connectivity index (χ2n) is 13.8. The predicted octanol–water partition coefficient (Wildman–Crippen LogP) is 5.56. The molecule has 0 saturated heterocycles. The molecule has 3 amide bonds. The second kappa shape index (κ2) is 15.0. The second-order valence-corrected chi connectivity index (χ2v) is 14.2. The van der Waals surface area contributed by atoms with Gasteiger partial charge in [-0.3, -0.25) is 9.59 Å². The van der Waals surface area contributed by atoms with Crippen LogP contribution in [0.25, 0.3) is 0 Å². The Kier molecular flexibility index (Phi) is 12.5. The molecule has 0 aliphatic heterocycles. The van der Waals surface area contributed by atoms with Gasteiger partial charge in [-0.2, -0.15) is 12.6 Å². The third-order valence-electron chi connectivity index (χ3n) is 6.41. The van der Waals surface area contributed by atoms with Crippen LogP contribution in [0.2, 0.25) is 0 Å². The van der Waals surface area contributed by atoms with Crippen molar-refractivity contribution in [3.63, 3.8) is 0 Å².